The van der Waals surface area contributed by atoms with Crippen molar-refractivity contribution >= 4 is 11.6 Å². The minimum Gasteiger partial charge on any atom is -0.387 e. The number of amides is 1. The Kier molecular flexibility index (Phi) is 7.56. The van der Waals surface area contributed by atoms with Crippen molar-refractivity contribution in [1.29, 1.82) is 0 Å². The Balaban J connectivity index is 2.67. The number of aliphatic hydroxyl groups is 1. The van der Waals surface area contributed by atoms with Gasteiger partial charge in [0.05, 0.1) is 6.10 Å². The molecule has 0 aliphatic heterocycles. The van der Waals surface area contributed by atoms with Crippen molar-refractivity contribution in [2.45, 2.75) is 40.7 Å². The maximum Gasteiger partial charge on any atom is 0.221 e. The van der Waals surface area contributed by atoms with Crippen molar-refractivity contribution in [1.82, 2.24) is 4.90 Å². The average molecular weight is 306 g/mol. The van der Waals surface area contributed by atoms with Crippen LogP contribution in [0.2, 0.25) is 0 Å². The molecule has 4 heteroatoms. The highest BCUT2D eigenvalue weighted by Crippen LogP contribution is 2.18. The minimum absolute atomic E-state index is 0.0895. The van der Waals surface area contributed by atoms with E-state index in [0.717, 1.165) is 24.3 Å². The van der Waals surface area contributed by atoms with Gasteiger partial charge in [0, 0.05) is 32.2 Å². The summed E-state index contributed by atoms with van der Waals surface area (Å²) in [5, 5.41) is 13.2. The molecule has 1 aromatic rings. The van der Waals surface area contributed by atoms with Crippen molar-refractivity contribution < 1.29 is 9.90 Å². The fraction of sp³-hybridized carbons (Fsp3) is 0.611. The summed E-state index contributed by atoms with van der Waals surface area (Å²) in [6.45, 7) is 12.9. The molecular weight excluding hydrogens is 276 g/mol. The predicted molar refractivity (Wildman–Crippen MR) is 91.8 cm³/mol. The van der Waals surface area contributed by atoms with Crippen LogP contribution in [-0.4, -0.2) is 35.5 Å². The molecule has 1 unspecified atom stereocenters. The molecule has 4 nitrogen and oxygen atoms in total. The van der Waals surface area contributed by atoms with Crippen LogP contribution in [0, 0.1) is 11.8 Å². The van der Waals surface area contributed by atoms with Crippen LogP contribution in [-0.2, 0) is 4.79 Å². The molecule has 0 heterocycles. The lowest BCUT2D eigenvalue weighted by Crippen LogP contribution is -2.35. The Morgan fingerprint density at radius 2 is 1.55 bits per heavy atom. The van der Waals surface area contributed by atoms with Crippen molar-refractivity contribution in [3.8, 4) is 0 Å². The highest BCUT2D eigenvalue weighted by Gasteiger charge is 2.15. The van der Waals surface area contributed by atoms with Gasteiger partial charge in [-0.3, -0.25) is 9.69 Å². The number of rotatable bonds is 8. The van der Waals surface area contributed by atoms with E-state index in [1.54, 1.807) is 0 Å². The lowest BCUT2D eigenvalue weighted by molar-refractivity contribution is -0.114. The molecule has 0 saturated heterocycles. The number of nitrogens with zero attached hydrogens (tertiary/aromatic N) is 1. The molecule has 0 spiro atoms. The van der Waals surface area contributed by atoms with Gasteiger partial charge in [0.2, 0.25) is 5.91 Å². The quantitative estimate of drug-likeness (QED) is 0.775. The van der Waals surface area contributed by atoms with Crippen molar-refractivity contribution in [3.63, 3.8) is 0 Å². The molecule has 1 aromatic carbocycles. The first-order valence-electron chi connectivity index (χ1n) is 8.06. The van der Waals surface area contributed by atoms with E-state index in [0.29, 0.717) is 18.4 Å². The fourth-order valence-electron chi connectivity index (χ4n) is 2.60. The van der Waals surface area contributed by atoms with E-state index in [2.05, 4.69) is 37.9 Å². The molecule has 0 fully saturated rings. The number of aliphatic hydroxyl groups excluding tert-OH is 1. The second-order valence-electron chi connectivity index (χ2n) is 6.83. The number of nitrogens with one attached hydrogen (secondary N) is 1. The van der Waals surface area contributed by atoms with Crippen LogP contribution in [0.4, 0.5) is 5.69 Å². The molecule has 0 bridgehead atoms. The first-order chi connectivity index (χ1) is 10.3. The standard InChI is InChI=1S/C18H30N2O2/c1-13(2)10-20(11-14(3)4)12-18(22)16-6-8-17(9-7-16)19-15(5)21/h6-9,13-14,18,22H,10-12H2,1-5H3,(H,19,21). The number of anilines is 1. The summed E-state index contributed by atoms with van der Waals surface area (Å²) in [6, 6.07) is 7.40. The first-order valence-corrected chi connectivity index (χ1v) is 8.06. The smallest absolute Gasteiger partial charge is 0.221 e. The first kappa shape index (κ1) is 18.7. The zero-order chi connectivity index (χ0) is 16.7. The van der Waals surface area contributed by atoms with Crippen molar-refractivity contribution in [2.75, 3.05) is 25.0 Å². The number of carbonyl (C=O) groups is 1. The Bertz CT molecular complexity index is 445. The normalized spacial score (nSPS) is 13.0. The molecule has 22 heavy (non-hydrogen) atoms. The molecular formula is C18H30N2O2. The highest BCUT2D eigenvalue weighted by molar-refractivity contribution is 5.88. The van der Waals surface area contributed by atoms with Gasteiger partial charge in [0.15, 0.2) is 0 Å². The summed E-state index contributed by atoms with van der Waals surface area (Å²) in [4.78, 5) is 13.3. The largest absolute Gasteiger partial charge is 0.387 e. The van der Waals surface area contributed by atoms with Crippen LogP contribution in [0.25, 0.3) is 0 Å². The van der Waals surface area contributed by atoms with Crippen molar-refractivity contribution in [2.24, 2.45) is 11.8 Å². The van der Waals surface area contributed by atoms with E-state index in [1.807, 2.05) is 24.3 Å². The van der Waals surface area contributed by atoms with Crippen LogP contribution < -0.4 is 5.32 Å². The van der Waals surface area contributed by atoms with Crippen LogP contribution in [0.5, 0.6) is 0 Å². The van der Waals surface area contributed by atoms with Gasteiger partial charge in [0.25, 0.3) is 0 Å². The van der Waals surface area contributed by atoms with E-state index in [9.17, 15) is 9.90 Å². The van der Waals surface area contributed by atoms with Crippen LogP contribution in [0.1, 0.15) is 46.3 Å². The van der Waals surface area contributed by atoms with E-state index in [-0.39, 0.29) is 5.91 Å². The summed E-state index contributed by atoms with van der Waals surface area (Å²) < 4.78 is 0. The van der Waals surface area contributed by atoms with Gasteiger partial charge in [-0.15, -0.1) is 0 Å². The van der Waals surface area contributed by atoms with Gasteiger partial charge < -0.3 is 10.4 Å². The molecule has 2 N–H and O–H groups in total. The lowest BCUT2D eigenvalue weighted by Gasteiger charge is -2.28. The monoisotopic (exact) mass is 306 g/mol. The summed E-state index contributed by atoms with van der Waals surface area (Å²) in [7, 11) is 0. The number of hydrogen-bond donors (Lipinski definition) is 2. The topological polar surface area (TPSA) is 52.6 Å². The number of hydrogen-bond acceptors (Lipinski definition) is 3. The van der Waals surface area contributed by atoms with Crippen LogP contribution >= 0.6 is 0 Å². The summed E-state index contributed by atoms with van der Waals surface area (Å²) >= 11 is 0. The van der Waals surface area contributed by atoms with Gasteiger partial charge in [0.1, 0.15) is 0 Å². The van der Waals surface area contributed by atoms with Gasteiger partial charge in [-0.2, -0.15) is 0 Å². The van der Waals surface area contributed by atoms with Crippen molar-refractivity contribution in [3.05, 3.63) is 29.8 Å². The molecule has 0 aliphatic carbocycles. The zero-order valence-corrected chi connectivity index (χ0v) is 14.5. The third-order valence-corrected chi connectivity index (χ3v) is 3.29. The summed E-state index contributed by atoms with van der Waals surface area (Å²) in [5.74, 6) is 1.06. The molecule has 1 rings (SSSR count). The van der Waals surface area contributed by atoms with Gasteiger partial charge in [-0.05, 0) is 29.5 Å². The van der Waals surface area contributed by atoms with E-state index < -0.39 is 6.10 Å². The number of carbonyl (C=O) groups excluding carboxylic acids is 1. The second kappa shape index (κ2) is 8.91. The zero-order valence-electron chi connectivity index (χ0n) is 14.5. The molecule has 0 radical (unpaired) electrons. The molecule has 0 aromatic heterocycles. The minimum atomic E-state index is -0.510. The molecule has 124 valence electrons. The molecule has 0 saturated carbocycles. The van der Waals surface area contributed by atoms with Gasteiger partial charge in [-0.25, -0.2) is 0 Å². The SMILES string of the molecule is CC(=O)Nc1ccc(C(O)CN(CC(C)C)CC(C)C)cc1. The lowest BCUT2D eigenvalue weighted by atomic mass is 10.1. The Hall–Kier alpha value is -1.39. The molecule has 1 atom stereocenters. The fourth-order valence-corrected chi connectivity index (χ4v) is 2.60. The Morgan fingerprint density at radius 1 is 1.05 bits per heavy atom. The maximum atomic E-state index is 11.0. The summed E-state index contributed by atoms with van der Waals surface area (Å²) in [6.07, 6.45) is -0.510. The van der Waals surface area contributed by atoms with Gasteiger partial charge >= 0.3 is 0 Å². The second-order valence-corrected chi connectivity index (χ2v) is 6.83. The molecule has 1 amide bonds. The van der Waals surface area contributed by atoms with E-state index in [1.165, 1.54) is 6.92 Å². The predicted octanol–water partition coefficient (Wildman–Crippen LogP) is 3.29. The van der Waals surface area contributed by atoms with E-state index >= 15 is 0 Å². The van der Waals surface area contributed by atoms with Crippen LogP contribution in [0.3, 0.4) is 0 Å². The third kappa shape index (κ3) is 7.05. The number of benzene rings is 1. The highest BCUT2D eigenvalue weighted by atomic mass is 16.3. The maximum absolute atomic E-state index is 11.0. The van der Waals surface area contributed by atoms with Gasteiger partial charge in [-0.1, -0.05) is 39.8 Å². The molecule has 0 aliphatic rings. The third-order valence-electron chi connectivity index (χ3n) is 3.29. The van der Waals surface area contributed by atoms with Crippen LogP contribution in [0.15, 0.2) is 24.3 Å². The van der Waals surface area contributed by atoms with E-state index in [4.69, 9.17) is 0 Å². The Labute approximate surface area is 134 Å². The average Bonchev–Trinajstić information content (AvgIpc) is 2.36. The summed E-state index contributed by atoms with van der Waals surface area (Å²) in [5.41, 5.74) is 1.64. The Morgan fingerprint density at radius 3 is 1.95 bits per heavy atom.